The zero-order valence-corrected chi connectivity index (χ0v) is 17.2. The summed E-state index contributed by atoms with van der Waals surface area (Å²) in [4.78, 5) is 39.3. The number of carbonyl (C=O) groups is 3. The van der Waals surface area contributed by atoms with Gasteiger partial charge in [0.05, 0.1) is 19.6 Å². The Balaban J connectivity index is 2.31. The number of carbonyl (C=O) groups excluding carboxylic acids is 3. The van der Waals surface area contributed by atoms with Gasteiger partial charge in [-0.2, -0.15) is 0 Å². The predicted molar refractivity (Wildman–Crippen MR) is 112 cm³/mol. The fraction of sp³-hybridized carbons (Fsp3) is 0.292. The minimum Gasteiger partial charge on any atom is -0.464 e. The first-order chi connectivity index (χ1) is 14.6. The number of benzene rings is 2. The topological polar surface area (TPSA) is 72.9 Å². The van der Waals surface area contributed by atoms with Crippen molar-refractivity contribution in [2.75, 3.05) is 13.2 Å². The van der Waals surface area contributed by atoms with Crippen molar-refractivity contribution in [1.82, 2.24) is 4.90 Å². The van der Waals surface area contributed by atoms with Crippen molar-refractivity contribution in [2.24, 2.45) is 0 Å². The summed E-state index contributed by atoms with van der Waals surface area (Å²) < 4.78 is 10.1. The van der Waals surface area contributed by atoms with Crippen LogP contribution in [0.25, 0.3) is 0 Å². The Morgan fingerprint density at radius 3 is 1.93 bits per heavy atom. The first-order valence-electron chi connectivity index (χ1n) is 9.77. The fourth-order valence-electron chi connectivity index (χ4n) is 2.74. The van der Waals surface area contributed by atoms with Gasteiger partial charge in [0.25, 0.3) is 0 Å². The molecule has 2 rings (SSSR count). The van der Waals surface area contributed by atoms with Gasteiger partial charge in [0.1, 0.15) is 0 Å². The van der Waals surface area contributed by atoms with Crippen LogP contribution in [0.4, 0.5) is 0 Å². The summed E-state index contributed by atoms with van der Waals surface area (Å²) in [6.45, 7) is 3.48. The van der Waals surface area contributed by atoms with Crippen molar-refractivity contribution in [3.63, 3.8) is 0 Å². The Hall–Kier alpha value is -3.59. The van der Waals surface area contributed by atoms with Crippen LogP contribution in [0.5, 0.6) is 0 Å². The molecule has 0 saturated carbocycles. The molecule has 0 spiro atoms. The van der Waals surface area contributed by atoms with Crippen LogP contribution < -0.4 is 0 Å². The summed E-state index contributed by atoms with van der Waals surface area (Å²) in [6.07, 6.45) is -0.156. The van der Waals surface area contributed by atoms with E-state index in [0.717, 1.165) is 11.1 Å². The molecular formula is C24H25NO5. The normalized spacial score (nSPS) is 9.97. The number of esters is 2. The molecule has 0 aromatic heterocycles. The van der Waals surface area contributed by atoms with Crippen LogP contribution in [0.3, 0.4) is 0 Å². The third-order valence-corrected chi connectivity index (χ3v) is 4.09. The van der Waals surface area contributed by atoms with Gasteiger partial charge in [0.2, 0.25) is 11.9 Å². The summed E-state index contributed by atoms with van der Waals surface area (Å²) in [5, 5.41) is 0. The first kappa shape index (κ1) is 22.7. The van der Waals surface area contributed by atoms with Gasteiger partial charge in [0.15, 0.2) is 0 Å². The molecule has 0 atom stereocenters. The molecule has 6 heteroatoms. The number of rotatable bonds is 8. The number of hydrogen-bond donors (Lipinski definition) is 0. The van der Waals surface area contributed by atoms with Crippen molar-refractivity contribution in [1.29, 1.82) is 0 Å². The second kappa shape index (κ2) is 12.1. The van der Waals surface area contributed by atoms with E-state index < -0.39 is 23.9 Å². The van der Waals surface area contributed by atoms with E-state index in [0.29, 0.717) is 0 Å². The molecule has 0 aliphatic heterocycles. The zero-order valence-electron chi connectivity index (χ0n) is 17.2. The van der Waals surface area contributed by atoms with Crippen molar-refractivity contribution < 1.29 is 23.9 Å². The minimum absolute atomic E-state index is 0.0506. The summed E-state index contributed by atoms with van der Waals surface area (Å²) >= 11 is 0. The Morgan fingerprint density at radius 1 is 0.867 bits per heavy atom. The van der Waals surface area contributed by atoms with Crippen LogP contribution in [-0.4, -0.2) is 42.0 Å². The Kier molecular flexibility index (Phi) is 9.14. The van der Waals surface area contributed by atoms with Gasteiger partial charge in [-0.3, -0.25) is 4.79 Å². The smallest absolute Gasteiger partial charge is 0.340 e. The van der Waals surface area contributed by atoms with Crippen LogP contribution >= 0.6 is 0 Å². The SMILES string of the molecule is CCOC(=O)C(C(=O)OCC)N(Cc1ccccc1)C(=O)CC#Cc1ccccc1. The Bertz CT molecular complexity index is 881. The van der Waals surface area contributed by atoms with E-state index in [1.807, 2.05) is 60.7 Å². The number of amides is 1. The minimum atomic E-state index is -1.49. The van der Waals surface area contributed by atoms with Crippen molar-refractivity contribution in [3.05, 3.63) is 71.8 Å². The second-order valence-electron chi connectivity index (χ2n) is 6.26. The summed E-state index contributed by atoms with van der Waals surface area (Å²) in [5.74, 6) is 3.62. The fourth-order valence-corrected chi connectivity index (χ4v) is 2.74. The Morgan fingerprint density at radius 2 is 1.40 bits per heavy atom. The quantitative estimate of drug-likeness (QED) is 0.382. The molecule has 0 radical (unpaired) electrons. The maximum atomic E-state index is 13.0. The lowest BCUT2D eigenvalue weighted by atomic mass is 10.1. The molecule has 0 fully saturated rings. The highest BCUT2D eigenvalue weighted by Crippen LogP contribution is 2.14. The molecule has 0 N–H and O–H groups in total. The van der Waals surface area contributed by atoms with E-state index in [1.54, 1.807) is 13.8 Å². The highest BCUT2D eigenvalue weighted by atomic mass is 16.6. The summed E-state index contributed by atoms with van der Waals surface area (Å²) in [7, 11) is 0. The molecule has 0 saturated heterocycles. The maximum Gasteiger partial charge on any atom is 0.340 e. The van der Waals surface area contributed by atoms with E-state index in [1.165, 1.54) is 4.90 Å². The van der Waals surface area contributed by atoms with Gasteiger partial charge < -0.3 is 14.4 Å². The van der Waals surface area contributed by atoms with Crippen molar-refractivity contribution >= 4 is 17.8 Å². The first-order valence-corrected chi connectivity index (χ1v) is 9.77. The standard InChI is InChI=1S/C24H25NO5/c1-3-29-23(27)22(24(28)30-4-2)25(18-20-14-9-6-10-15-20)21(26)17-11-16-19-12-7-5-8-13-19/h5-10,12-15,22H,3-4,17-18H2,1-2H3. The van der Waals surface area contributed by atoms with Crippen LogP contribution in [0.1, 0.15) is 31.4 Å². The molecule has 0 heterocycles. The lowest BCUT2D eigenvalue weighted by molar-refractivity contribution is -0.168. The molecule has 0 bridgehead atoms. The van der Waals surface area contributed by atoms with Crippen molar-refractivity contribution in [3.8, 4) is 11.8 Å². The molecule has 30 heavy (non-hydrogen) atoms. The molecule has 156 valence electrons. The van der Waals surface area contributed by atoms with E-state index >= 15 is 0 Å². The van der Waals surface area contributed by atoms with Crippen LogP contribution in [0, 0.1) is 11.8 Å². The Labute approximate surface area is 176 Å². The number of nitrogens with zero attached hydrogens (tertiary/aromatic N) is 1. The van der Waals surface area contributed by atoms with Gasteiger partial charge >= 0.3 is 11.9 Å². The highest BCUT2D eigenvalue weighted by Gasteiger charge is 2.38. The third-order valence-electron chi connectivity index (χ3n) is 4.09. The molecule has 1 amide bonds. The van der Waals surface area contributed by atoms with Crippen LogP contribution in [0.2, 0.25) is 0 Å². The van der Waals surface area contributed by atoms with E-state index in [2.05, 4.69) is 11.8 Å². The third kappa shape index (κ3) is 6.78. The van der Waals surface area contributed by atoms with E-state index in [9.17, 15) is 14.4 Å². The van der Waals surface area contributed by atoms with E-state index in [-0.39, 0.29) is 26.2 Å². The van der Waals surface area contributed by atoms with Crippen LogP contribution in [-0.2, 0) is 30.4 Å². The second-order valence-corrected chi connectivity index (χ2v) is 6.26. The van der Waals surface area contributed by atoms with Gasteiger partial charge in [0, 0.05) is 12.1 Å². The van der Waals surface area contributed by atoms with Crippen molar-refractivity contribution in [2.45, 2.75) is 32.9 Å². The maximum absolute atomic E-state index is 13.0. The molecular weight excluding hydrogens is 382 g/mol. The lowest BCUT2D eigenvalue weighted by Crippen LogP contribution is -2.50. The average molecular weight is 407 g/mol. The molecule has 2 aromatic carbocycles. The zero-order chi connectivity index (χ0) is 21.8. The average Bonchev–Trinajstić information content (AvgIpc) is 2.75. The molecule has 6 nitrogen and oxygen atoms in total. The van der Waals surface area contributed by atoms with Gasteiger partial charge in [-0.15, -0.1) is 0 Å². The van der Waals surface area contributed by atoms with Gasteiger partial charge in [-0.1, -0.05) is 60.4 Å². The number of hydrogen-bond acceptors (Lipinski definition) is 5. The lowest BCUT2D eigenvalue weighted by Gasteiger charge is -2.28. The highest BCUT2D eigenvalue weighted by molar-refractivity contribution is 6.02. The summed E-state index contributed by atoms with van der Waals surface area (Å²) in [6, 6.07) is 16.8. The van der Waals surface area contributed by atoms with E-state index in [4.69, 9.17) is 9.47 Å². The van der Waals surface area contributed by atoms with Gasteiger partial charge in [-0.25, -0.2) is 9.59 Å². The predicted octanol–water partition coefficient (Wildman–Crippen LogP) is 2.95. The van der Waals surface area contributed by atoms with Crippen LogP contribution in [0.15, 0.2) is 60.7 Å². The summed E-state index contributed by atoms with van der Waals surface area (Å²) in [5.41, 5.74) is 1.53. The van der Waals surface area contributed by atoms with Gasteiger partial charge in [-0.05, 0) is 31.5 Å². The molecule has 0 unspecified atom stereocenters. The molecule has 2 aromatic rings. The largest absolute Gasteiger partial charge is 0.464 e. The number of ether oxygens (including phenoxy) is 2. The molecule has 0 aliphatic rings. The molecule has 0 aliphatic carbocycles. The monoisotopic (exact) mass is 407 g/mol.